The Morgan fingerprint density at radius 2 is 1.76 bits per heavy atom. The molecule has 1 heterocycles. The molecule has 1 fully saturated rings. The molecule has 1 aliphatic carbocycles. The molecule has 1 N–H and O–H groups in total. The Hall–Kier alpha value is -1.05. The van der Waals surface area contributed by atoms with Crippen LogP contribution in [-0.2, 0) is 0 Å². The van der Waals surface area contributed by atoms with E-state index in [9.17, 15) is 4.79 Å². The van der Waals surface area contributed by atoms with E-state index in [2.05, 4.69) is 25.8 Å². The summed E-state index contributed by atoms with van der Waals surface area (Å²) < 4.78 is 0. The molecule has 0 aliphatic heterocycles. The zero-order valence-electron chi connectivity index (χ0n) is 11.4. The molecule has 0 aromatic carbocycles. The zero-order valence-corrected chi connectivity index (χ0v) is 11.4. The lowest BCUT2D eigenvalue weighted by atomic mass is 9.77. The van der Waals surface area contributed by atoms with Crippen LogP contribution in [-0.4, -0.2) is 10.8 Å². The molecular formula is C15H23NO. The average molecular weight is 233 g/mol. The Kier molecular flexibility index (Phi) is 3.15. The van der Waals surface area contributed by atoms with Gasteiger partial charge in [0.25, 0.3) is 0 Å². The SMILES string of the molecule is CCC1(C(=O)c2[nH]c(C)c(C)c2C)CCCC1. The lowest BCUT2D eigenvalue weighted by molar-refractivity contribution is 0.0785. The second-order valence-corrected chi connectivity index (χ2v) is 5.55. The van der Waals surface area contributed by atoms with Gasteiger partial charge >= 0.3 is 0 Å². The standard InChI is InChI=1S/C15H23NO/c1-5-15(8-6-7-9-15)14(17)13-11(3)10(2)12(4)16-13/h16H,5-9H2,1-4H3. The van der Waals surface area contributed by atoms with E-state index in [-0.39, 0.29) is 5.41 Å². The van der Waals surface area contributed by atoms with E-state index >= 15 is 0 Å². The quantitative estimate of drug-likeness (QED) is 0.783. The van der Waals surface area contributed by atoms with Crippen LogP contribution in [0.3, 0.4) is 0 Å². The van der Waals surface area contributed by atoms with Crippen molar-refractivity contribution in [3.63, 3.8) is 0 Å². The number of H-pyrrole nitrogens is 1. The van der Waals surface area contributed by atoms with Gasteiger partial charge in [-0.2, -0.15) is 0 Å². The molecular weight excluding hydrogens is 210 g/mol. The van der Waals surface area contributed by atoms with Crippen molar-refractivity contribution in [1.29, 1.82) is 0 Å². The van der Waals surface area contributed by atoms with Crippen LogP contribution in [0.2, 0.25) is 0 Å². The summed E-state index contributed by atoms with van der Waals surface area (Å²) in [6.45, 7) is 8.35. The van der Waals surface area contributed by atoms with Gasteiger partial charge in [-0.15, -0.1) is 0 Å². The summed E-state index contributed by atoms with van der Waals surface area (Å²) in [4.78, 5) is 16.1. The van der Waals surface area contributed by atoms with Crippen LogP contribution >= 0.6 is 0 Å². The van der Waals surface area contributed by atoms with Crippen molar-refractivity contribution >= 4 is 5.78 Å². The Morgan fingerprint density at radius 1 is 1.18 bits per heavy atom. The molecule has 17 heavy (non-hydrogen) atoms. The maximum atomic E-state index is 12.8. The van der Waals surface area contributed by atoms with Crippen LogP contribution < -0.4 is 0 Å². The van der Waals surface area contributed by atoms with Gasteiger partial charge < -0.3 is 4.98 Å². The summed E-state index contributed by atoms with van der Waals surface area (Å²) in [6, 6.07) is 0. The average Bonchev–Trinajstić information content (AvgIpc) is 2.90. The number of ketones is 1. The van der Waals surface area contributed by atoms with Crippen molar-refractivity contribution in [2.45, 2.75) is 59.8 Å². The van der Waals surface area contributed by atoms with Gasteiger partial charge in [-0.25, -0.2) is 0 Å². The fraction of sp³-hybridized carbons (Fsp3) is 0.667. The molecule has 2 nitrogen and oxygen atoms in total. The van der Waals surface area contributed by atoms with Crippen LogP contribution in [0.1, 0.15) is 66.3 Å². The smallest absolute Gasteiger partial charge is 0.185 e. The van der Waals surface area contributed by atoms with E-state index in [0.29, 0.717) is 5.78 Å². The number of Topliss-reactive ketones (excluding diaryl/α,β-unsaturated/α-hetero) is 1. The molecule has 2 heteroatoms. The van der Waals surface area contributed by atoms with Crippen molar-refractivity contribution in [3.8, 4) is 0 Å². The summed E-state index contributed by atoms with van der Waals surface area (Å²) in [6.07, 6.45) is 5.52. The summed E-state index contributed by atoms with van der Waals surface area (Å²) in [5.74, 6) is 0.353. The molecule has 94 valence electrons. The third kappa shape index (κ3) is 1.84. The molecule has 0 radical (unpaired) electrons. The first-order valence-electron chi connectivity index (χ1n) is 6.72. The molecule has 0 saturated heterocycles. The van der Waals surface area contributed by atoms with E-state index in [1.54, 1.807) is 0 Å². The lowest BCUT2D eigenvalue weighted by Gasteiger charge is -2.25. The minimum Gasteiger partial charge on any atom is -0.356 e. The number of aryl methyl sites for hydroxylation is 1. The first-order chi connectivity index (χ1) is 8.02. The largest absolute Gasteiger partial charge is 0.356 e. The van der Waals surface area contributed by atoms with E-state index in [0.717, 1.165) is 36.2 Å². The van der Waals surface area contributed by atoms with Crippen LogP contribution in [0.25, 0.3) is 0 Å². The molecule has 1 saturated carbocycles. The van der Waals surface area contributed by atoms with Gasteiger partial charge in [0.15, 0.2) is 5.78 Å². The van der Waals surface area contributed by atoms with E-state index in [1.807, 2.05) is 6.92 Å². The molecule has 1 aromatic heterocycles. The third-order valence-corrected chi connectivity index (χ3v) is 4.76. The van der Waals surface area contributed by atoms with Crippen molar-refractivity contribution < 1.29 is 4.79 Å². The van der Waals surface area contributed by atoms with E-state index in [4.69, 9.17) is 0 Å². The van der Waals surface area contributed by atoms with Gasteiger partial charge in [-0.1, -0.05) is 19.8 Å². The Morgan fingerprint density at radius 3 is 2.18 bits per heavy atom. The number of carbonyl (C=O) groups excluding carboxylic acids is 1. The second-order valence-electron chi connectivity index (χ2n) is 5.55. The molecule has 0 bridgehead atoms. The predicted molar refractivity (Wildman–Crippen MR) is 70.5 cm³/mol. The normalized spacial score (nSPS) is 18.6. The third-order valence-electron chi connectivity index (χ3n) is 4.76. The summed E-state index contributed by atoms with van der Waals surface area (Å²) >= 11 is 0. The highest BCUT2D eigenvalue weighted by atomic mass is 16.1. The maximum Gasteiger partial charge on any atom is 0.185 e. The topological polar surface area (TPSA) is 32.9 Å². The number of hydrogen-bond acceptors (Lipinski definition) is 1. The zero-order chi connectivity index (χ0) is 12.6. The van der Waals surface area contributed by atoms with E-state index < -0.39 is 0 Å². The van der Waals surface area contributed by atoms with Crippen LogP contribution in [0.5, 0.6) is 0 Å². The highest BCUT2D eigenvalue weighted by molar-refractivity contribution is 6.00. The van der Waals surface area contributed by atoms with E-state index in [1.165, 1.54) is 18.4 Å². The number of hydrogen-bond donors (Lipinski definition) is 1. The van der Waals surface area contributed by atoms with Crippen LogP contribution in [0.4, 0.5) is 0 Å². The van der Waals surface area contributed by atoms with Gasteiger partial charge in [0.2, 0.25) is 0 Å². The van der Waals surface area contributed by atoms with Gasteiger partial charge in [0.1, 0.15) is 0 Å². The number of nitrogens with one attached hydrogen (secondary N) is 1. The monoisotopic (exact) mass is 233 g/mol. The van der Waals surface area contributed by atoms with Gasteiger partial charge in [-0.3, -0.25) is 4.79 Å². The van der Waals surface area contributed by atoms with Crippen molar-refractivity contribution in [1.82, 2.24) is 4.98 Å². The van der Waals surface area contributed by atoms with Crippen molar-refractivity contribution in [2.75, 3.05) is 0 Å². The predicted octanol–water partition coefficient (Wildman–Crippen LogP) is 4.09. The molecule has 0 spiro atoms. The molecule has 0 amide bonds. The Balaban J connectivity index is 2.39. The fourth-order valence-corrected chi connectivity index (χ4v) is 3.13. The lowest BCUT2D eigenvalue weighted by Crippen LogP contribution is -2.28. The van der Waals surface area contributed by atoms with Gasteiger partial charge in [-0.05, 0) is 51.2 Å². The van der Waals surface area contributed by atoms with Crippen LogP contribution in [0.15, 0.2) is 0 Å². The Bertz CT molecular complexity index is 436. The number of aromatic nitrogens is 1. The minimum absolute atomic E-state index is 0.0749. The molecule has 1 aliphatic rings. The highest BCUT2D eigenvalue weighted by Crippen LogP contribution is 2.44. The maximum absolute atomic E-state index is 12.8. The first kappa shape index (κ1) is 12.4. The minimum atomic E-state index is -0.0749. The molecule has 0 unspecified atom stereocenters. The number of aromatic amines is 1. The molecule has 1 aromatic rings. The van der Waals surface area contributed by atoms with Crippen LogP contribution in [0, 0.1) is 26.2 Å². The molecule has 2 rings (SSSR count). The Labute approximate surface area is 104 Å². The summed E-state index contributed by atoms with van der Waals surface area (Å²) in [5.41, 5.74) is 4.30. The van der Waals surface area contributed by atoms with Crippen molar-refractivity contribution in [3.05, 3.63) is 22.5 Å². The highest BCUT2D eigenvalue weighted by Gasteiger charge is 2.40. The second kappa shape index (κ2) is 4.32. The van der Waals surface area contributed by atoms with Gasteiger partial charge in [0, 0.05) is 11.1 Å². The van der Waals surface area contributed by atoms with Crippen molar-refractivity contribution in [2.24, 2.45) is 5.41 Å². The summed E-state index contributed by atoms with van der Waals surface area (Å²) in [5, 5.41) is 0. The molecule has 0 atom stereocenters. The fourth-order valence-electron chi connectivity index (χ4n) is 3.13. The number of rotatable bonds is 3. The first-order valence-corrected chi connectivity index (χ1v) is 6.72. The number of carbonyl (C=O) groups is 1. The summed E-state index contributed by atoms with van der Waals surface area (Å²) in [7, 11) is 0. The van der Waals surface area contributed by atoms with Gasteiger partial charge in [0.05, 0.1) is 5.69 Å².